The third kappa shape index (κ3) is 3.80. The van der Waals surface area contributed by atoms with Crippen LogP contribution in [-0.2, 0) is 5.75 Å². The van der Waals surface area contributed by atoms with Crippen LogP contribution in [0.25, 0.3) is 0 Å². The first-order chi connectivity index (χ1) is 10.0. The van der Waals surface area contributed by atoms with Gasteiger partial charge in [-0.05, 0) is 24.3 Å². The Hall–Kier alpha value is -1.92. The van der Waals surface area contributed by atoms with Crippen LogP contribution in [0.4, 0.5) is 11.4 Å². The van der Waals surface area contributed by atoms with Crippen molar-refractivity contribution in [2.45, 2.75) is 10.6 Å². The Labute approximate surface area is 131 Å². The van der Waals surface area contributed by atoms with Crippen molar-refractivity contribution < 1.29 is 9.66 Å². The van der Waals surface area contributed by atoms with Gasteiger partial charge in [-0.1, -0.05) is 11.6 Å². The smallest absolute Gasteiger partial charge is 0.274 e. The van der Waals surface area contributed by atoms with Gasteiger partial charge in [-0.3, -0.25) is 10.1 Å². The number of nitrogens with zero attached hydrogens (tertiary/aromatic N) is 1. The molecule has 0 aromatic heterocycles. The molecule has 0 aliphatic heterocycles. The van der Waals surface area contributed by atoms with Crippen LogP contribution >= 0.6 is 23.4 Å². The van der Waals surface area contributed by atoms with E-state index >= 15 is 0 Å². The Morgan fingerprint density at radius 3 is 2.76 bits per heavy atom. The lowest BCUT2D eigenvalue weighted by molar-refractivity contribution is -0.385. The molecule has 2 N–H and O–H groups in total. The minimum Gasteiger partial charge on any atom is -0.496 e. The van der Waals surface area contributed by atoms with Crippen molar-refractivity contribution in [3.05, 3.63) is 57.1 Å². The fourth-order valence-corrected chi connectivity index (χ4v) is 2.96. The predicted octanol–water partition coefficient (Wildman–Crippen LogP) is 4.13. The molecule has 0 aliphatic carbocycles. The van der Waals surface area contributed by atoms with Crippen LogP contribution in [-0.4, -0.2) is 12.0 Å². The molecule has 0 bridgehead atoms. The number of anilines is 1. The van der Waals surface area contributed by atoms with Gasteiger partial charge in [0.25, 0.3) is 5.69 Å². The minimum absolute atomic E-state index is 0.0180. The van der Waals surface area contributed by atoms with Gasteiger partial charge in [-0.25, -0.2) is 0 Å². The van der Waals surface area contributed by atoms with Gasteiger partial charge in [-0.2, -0.15) is 0 Å². The number of nitro benzene ring substituents is 1. The van der Waals surface area contributed by atoms with Gasteiger partial charge >= 0.3 is 0 Å². The van der Waals surface area contributed by atoms with Crippen LogP contribution in [0.3, 0.4) is 0 Å². The summed E-state index contributed by atoms with van der Waals surface area (Å²) < 4.78 is 5.26. The molecule has 0 spiro atoms. The summed E-state index contributed by atoms with van der Waals surface area (Å²) in [5, 5.41) is 11.4. The van der Waals surface area contributed by atoms with Crippen LogP contribution in [0.15, 0.2) is 41.3 Å². The second-order valence-electron chi connectivity index (χ2n) is 4.23. The lowest BCUT2D eigenvalue weighted by Crippen LogP contribution is -1.95. The number of benzene rings is 2. The summed E-state index contributed by atoms with van der Waals surface area (Å²) in [7, 11) is 1.56. The first-order valence-corrected chi connectivity index (χ1v) is 7.36. The number of hydrogen-bond acceptors (Lipinski definition) is 5. The third-order valence-corrected chi connectivity index (χ3v) is 4.15. The van der Waals surface area contributed by atoms with E-state index < -0.39 is 4.92 Å². The van der Waals surface area contributed by atoms with Crippen LogP contribution in [0, 0.1) is 10.1 Å². The lowest BCUT2D eigenvalue weighted by atomic mass is 10.2. The molecule has 0 aliphatic rings. The average Bonchev–Trinajstić information content (AvgIpc) is 2.46. The van der Waals surface area contributed by atoms with E-state index in [1.54, 1.807) is 31.4 Å². The number of thioether (sulfide) groups is 1. The summed E-state index contributed by atoms with van der Waals surface area (Å²) in [6.07, 6.45) is 0. The predicted molar refractivity (Wildman–Crippen MR) is 85.1 cm³/mol. The normalized spacial score (nSPS) is 10.4. The monoisotopic (exact) mass is 324 g/mol. The number of nitrogen functional groups attached to an aromatic ring is 1. The molecule has 0 unspecified atom stereocenters. The van der Waals surface area contributed by atoms with E-state index in [-0.39, 0.29) is 5.69 Å². The Bertz CT molecular complexity index is 679. The molecule has 110 valence electrons. The molecule has 0 radical (unpaired) electrons. The van der Waals surface area contributed by atoms with Crippen molar-refractivity contribution in [1.82, 2.24) is 0 Å². The Morgan fingerprint density at radius 1 is 1.33 bits per heavy atom. The molecule has 0 atom stereocenters. The fraction of sp³-hybridized carbons (Fsp3) is 0.143. The maximum atomic E-state index is 11.0. The highest BCUT2D eigenvalue weighted by molar-refractivity contribution is 7.98. The molecule has 2 aromatic rings. The Kier molecular flexibility index (Phi) is 4.93. The summed E-state index contributed by atoms with van der Waals surface area (Å²) in [5.74, 6) is 1.09. The molecule has 7 heteroatoms. The SMILES string of the molecule is COc1cc(N)ccc1SCc1ccc(Cl)cc1[N+](=O)[O-]. The third-order valence-electron chi connectivity index (χ3n) is 2.81. The molecule has 0 saturated heterocycles. The first-order valence-electron chi connectivity index (χ1n) is 6.00. The molecular formula is C14H13ClN2O3S. The van der Waals surface area contributed by atoms with E-state index in [0.717, 1.165) is 4.90 Å². The largest absolute Gasteiger partial charge is 0.496 e. The molecule has 21 heavy (non-hydrogen) atoms. The molecule has 0 amide bonds. The topological polar surface area (TPSA) is 78.4 Å². The number of halogens is 1. The molecule has 2 aromatic carbocycles. The number of ether oxygens (including phenoxy) is 1. The van der Waals surface area contributed by atoms with Gasteiger partial charge in [-0.15, -0.1) is 11.8 Å². The van der Waals surface area contributed by atoms with Crippen LogP contribution in [0.2, 0.25) is 5.02 Å². The highest BCUT2D eigenvalue weighted by Crippen LogP contribution is 2.35. The van der Waals surface area contributed by atoms with Crippen LogP contribution in [0.1, 0.15) is 5.56 Å². The highest BCUT2D eigenvalue weighted by Gasteiger charge is 2.15. The second kappa shape index (κ2) is 6.69. The summed E-state index contributed by atoms with van der Waals surface area (Å²) in [6.45, 7) is 0. The molecule has 5 nitrogen and oxygen atoms in total. The van der Waals surface area contributed by atoms with Crippen LogP contribution < -0.4 is 10.5 Å². The number of nitro groups is 1. The van der Waals surface area contributed by atoms with Crippen molar-refractivity contribution in [3.63, 3.8) is 0 Å². The van der Waals surface area contributed by atoms with Gasteiger partial charge in [0.05, 0.1) is 12.0 Å². The number of hydrogen-bond donors (Lipinski definition) is 1. The summed E-state index contributed by atoms with van der Waals surface area (Å²) in [6, 6.07) is 9.99. The van der Waals surface area contributed by atoms with Gasteiger partial charge in [0.1, 0.15) is 5.75 Å². The van der Waals surface area contributed by atoms with Crippen molar-refractivity contribution >= 4 is 34.7 Å². The number of methoxy groups -OCH3 is 1. The first kappa shape index (κ1) is 15.5. The van der Waals surface area contributed by atoms with E-state index in [1.807, 2.05) is 6.07 Å². The minimum atomic E-state index is -0.429. The molecule has 0 saturated carbocycles. The van der Waals surface area contributed by atoms with E-state index in [2.05, 4.69) is 0 Å². The maximum absolute atomic E-state index is 11.0. The molecule has 0 fully saturated rings. The van der Waals surface area contributed by atoms with E-state index in [9.17, 15) is 10.1 Å². The van der Waals surface area contributed by atoms with Gasteiger partial charge in [0.2, 0.25) is 0 Å². The zero-order valence-electron chi connectivity index (χ0n) is 11.2. The Morgan fingerprint density at radius 2 is 2.10 bits per heavy atom. The van der Waals surface area contributed by atoms with E-state index in [1.165, 1.54) is 17.8 Å². The summed E-state index contributed by atoms with van der Waals surface area (Å²) >= 11 is 7.24. The molecular weight excluding hydrogens is 312 g/mol. The highest BCUT2D eigenvalue weighted by atomic mass is 35.5. The number of rotatable bonds is 5. The Balaban J connectivity index is 2.22. The molecule has 0 heterocycles. The van der Waals surface area contributed by atoms with Gasteiger partial charge in [0.15, 0.2) is 0 Å². The fourth-order valence-electron chi connectivity index (χ4n) is 1.79. The van der Waals surface area contributed by atoms with E-state index in [4.69, 9.17) is 22.1 Å². The summed E-state index contributed by atoms with van der Waals surface area (Å²) in [4.78, 5) is 11.5. The van der Waals surface area contributed by atoms with Crippen molar-refractivity contribution in [2.75, 3.05) is 12.8 Å². The number of nitrogens with two attached hydrogens (primary N) is 1. The zero-order valence-corrected chi connectivity index (χ0v) is 12.8. The lowest BCUT2D eigenvalue weighted by Gasteiger charge is -2.09. The zero-order chi connectivity index (χ0) is 15.4. The van der Waals surface area contributed by atoms with Gasteiger partial charge < -0.3 is 10.5 Å². The van der Waals surface area contributed by atoms with Crippen molar-refractivity contribution in [3.8, 4) is 5.75 Å². The maximum Gasteiger partial charge on any atom is 0.274 e. The average molecular weight is 325 g/mol. The summed E-state index contributed by atoms with van der Waals surface area (Å²) in [5.41, 5.74) is 6.93. The quantitative estimate of drug-likeness (QED) is 0.387. The van der Waals surface area contributed by atoms with Crippen molar-refractivity contribution in [2.24, 2.45) is 0 Å². The van der Waals surface area contributed by atoms with E-state index in [0.29, 0.717) is 27.8 Å². The van der Waals surface area contributed by atoms with Gasteiger partial charge in [0, 0.05) is 39.1 Å². The van der Waals surface area contributed by atoms with Crippen molar-refractivity contribution in [1.29, 1.82) is 0 Å². The second-order valence-corrected chi connectivity index (χ2v) is 5.68. The van der Waals surface area contributed by atoms with Crippen LogP contribution in [0.5, 0.6) is 5.75 Å². The molecule has 2 rings (SSSR count). The standard InChI is InChI=1S/C14H13ClN2O3S/c1-20-13-7-11(16)4-5-14(13)21-8-9-2-3-10(15)6-12(9)17(18)19/h2-7H,8,16H2,1H3.